The van der Waals surface area contributed by atoms with Crippen molar-refractivity contribution in [2.24, 2.45) is 5.73 Å². The summed E-state index contributed by atoms with van der Waals surface area (Å²) in [4.78, 5) is 12.6. The minimum Gasteiger partial charge on any atom is -0.490 e. The molecule has 2 N–H and O–H groups in total. The zero-order chi connectivity index (χ0) is 31.2. The SMILES string of the molecule is CCOc1cc(C2C(C#N)=C(N)Oc3cc(OC(=O)COc4cc(C)cc(C)c4)ccc32)ccc1OCc1ccc(F)cc1. The number of carbonyl (C=O) groups is 1. The van der Waals surface area contributed by atoms with Gasteiger partial charge in [0.1, 0.15) is 41.3 Å². The van der Waals surface area contributed by atoms with Gasteiger partial charge in [-0.1, -0.05) is 30.3 Å². The number of nitrogens with zero attached hydrogens (tertiary/aromatic N) is 1. The van der Waals surface area contributed by atoms with Crippen molar-refractivity contribution in [2.45, 2.75) is 33.3 Å². The van der Waals surface area contributed by atoms with Crippen molar-refractivity contribution in [3.05, 3.63) is 124 Å². The molecule has 8 nitrogen and oxygen atoms in total. The molecular formula is C35H31FN2O6. The molecule has 0 radical (unpaired) electrons. The van der Waals surface area contributed by atoms with Gasteiger partial charge in [0.2, 0.25) is 5.88 Å². The summed E-state index contributed by atoms with van der Waals surface area (Å²) in [6.07, 6.45) is 0. The number of halogens is 1. The number of ether oxygens (including phenoxy) is 5. The van der Waals surface area contributed by atoms with Crippen molar-refractivity contribution in [1.82, 2.24) is 0 Å². The van der Waals surface area contributed by atoms with E-state index in [0.29, 0.717) is 35.2 Å². The molecular weight excluding hydrogens is 563 g/mol. The van der Waals surface area contributed by atoms with Crippen LogP contribution in [-0.4, -0.2) is 19.2 Å². The third-order valence-corrected chi connectivity index (χ3v) is 6.88. The lowest BCUT2D eigenvalue weighted by atomic mass is 9.83. The van der Waals surface area contributed by atoms with E-state index in [2.05, 4.69) is 6.07 Å². The molecule has 5 rings (SSSR count). The van der Waals surface area contributed by atoms with Gasteiger partial charge in [-0.3, -0.25) is 0 Å². The largest absolute Gasteiger partial charge is 0.490 e. The molecule has 0 spiro atoms. The summed E-state index contributed by atoms with van der Waals surface area (Å²) in [5.41, 5.74) is 10.6. The lowest BCUT2D eigenvalue weighted by Gasteiger charge is -2.27. The molecule has 9 heteroatoms. The predicted octanol–water partition coefficient (Wildman–Crippen LogP) is 6.62. The molecule has 1 aliphatic rings. The normalized spacial score (nSPS) is 13.8. The van der Waals surface area contributed by atoms with Gasteiger partial charge in [0, 0.05) is 11.6 Å². The third-order valence-electron chi connectivity index (χ3n) is 6.88. The topological polar surface area (TPSA) is 113 Å². The van der Waals surface area contributed by atoms with Crippen molar-refractivity contribution in [1.29, 1.82) is 5.26 Å². The Labute approximate surface area is 255 Å². The Morgan fingerprint density at radius 1 is 0.909 bits per heavy atom. The number of carbonyl (C=O) groups excluding carboxylic acids is 1. The molecule has 0 saturated heterocycles. The lowest BCUT2D eigenvalue weighted by molar-refractivity contribution is -0.136. The number of nitriles is 1. The maximum atomic E-state index is 13.3. The Bertz CT molecular complexity index is 1740. The van der Waals surface area contributed by atoms with Crippen LogP contribution in [0.25, 0.3) is 0 Å². The molecule has 0 aromatic heterocycles. The fourth-order valence-corrected chi connectivity index (χ4v) is 5.00. The standard InChI is InChI=1S/C35H31FN2O6/c1-4-40-32-16-24(7-12-30(32)42-19-23-5-8-25(36)9-6-23)34-28-11-10-26(17-31(28)44-35(38)29(34)18-37)43-33(39)20-41-27-14-21(2)13-22(3)15-27/h5-17,34H,4,19-20,38H2,1-3H3. The fourth-order valence-electron chi connectivity index (χ4n) is 5.00. The molecule has 1 heterocycles. The van der Waals surface area contributed by atoms with Crippen LogP contribution in [-0.2, 0) is 11.4 Å². The number of nitrogens with two attached hydrogens (primary N) is 1. The van der Waals surface area contributed by atoms with E-state index in [9.17, 15) is 14.4 Å². The zero-order valence-corrected chi connectivity index (χ0v) is 24.6. The van der Waals surface area contributed by atoms with Crippen LogP contribution in [0.2, 0.25) is 0 Å². The van der Waals surface area contributed by atoms with Crippen molar-refractivity contribution in [3.8, 4) is 34.8 Å². The van der Waals surface area contributed by atoms with Gasteiger partial charge in [-0.05, 0) is 85.5 Å². The van der Waals surface area contributed by atoms with Crippen LogP contribution in [0.4, 0.5) is 4.39 Å². The number of aryl methyl sites for hydroxylation is 2. The van der Waals surface area contributed by atoms with E-state index in [4.69, 9.17) is 29.4 Å². The third kappa shape index (κ3) is 6.93. The number of rotatable bonds is 10. The predicted molar refractivity (Wildman–Crippen MR) is 161 cm³/mol. The van der Waals surface area contributed by atoms with Gasteiger partial charge in [-0.2, -0.15) is 5.26 Å². The Kier molecular flexibility index (Phi) is 9.01. The van der Waals surface area contributed by atoms with Gasteiger partial charge in [0.05, 0.1) is 12.5 Å². The van der Waals surface area contributed by atoms with Crippen LogP contribution in [0.15, 0.2) is 90.3 Å². The van der Waals surface area contributed by atoms with Crippen LogP contribution in [0.1, 0.15) is 40.7 Å². The lowest BCUT2D eigenvalue weighted by Crippen LogP contribution is -2.22. The highest BCUT2D eigenvalue weighted by atomic mass is 19.1. The highest BCUT2D eigenvalue weighted by Crippen LogP contribution is 2.45. The summed E-state index contributed by atoms with van der Waals surface area (Å²) in [7, 11) is 0. The first-order valence-electron chi connectivity index (χ1n) is 14.0. The average Bonchev–Trinajstić information content (AvgIpc) is 2.99. The first kappa shape index (κ1) is 30.0. The molecule has 0 aliphatic carbocycles. The monoisotopic (exact) mass is 594 g/mol. The van der Waals surface area contributed by atoms with Crippen LogP contribution in [0.3, 0.4) is 0 Å². The number of hydrogen-bond acceptors (Lipinski definition) is 8. The van der Waals surface area contributed by atoms with Crippen molar-refractivity contribution < 1.29 is 32.9 Å². The second-order valence-electron chi connectivity index (χ2n) is 10.3. The molecule has 0 fully saturated rings. The second-order valence-corrected chi connectivity index (χ2v) is 10.3. The molecule has 1 aliphatic heterocycles. The molecule has 44 heavy (non-hydrogen) atoms. The molecule has 0 amide bonds. The minimum absolute atomic E-state index is 0.0544. The zero-order valence-electron chi connectivity index (χ0n) is 24.6. The van der Waals surface area contributed by atoms with Crippen LogP contribution >= 0.6 is 0 Å². The second kappa shape index (κ2) is 13.2. The fraction of sp³-hybridized carbons (Fsp3) is 0.200. The van der Waals surface area contributed by atoms with E-state index in [1.165, 1.54) is 12.1 Å². The number of allylic oxidation sites excluding steroid dienone is 1. The van der Waals surface area contributed by atoms with Crippen molar-refractivity contribution in [2.75, 3.05) is 13.2 Å². The maximum Gasteiger partial charge on any atom is 0.349 e. The maximum absolute atomic E-state index is 13.3. The number of benzene rings is 4. The molecule has 4 aromatic rings. The van der Waals surface area contributed by atoms with E-state index < -0.39 is 11.9 Å². The van der Waals surface area contributed by atoms with Gasteiger partial charge in [0.15, 0.2) is 18.1 Å². The summed E-state index contributed by atoms with van der Waals surface area (Å²) >= 11 is 0. The van der Waals surface area contributed by atoms with Crippen molar-refractivity contribution in [3.63, 3.8) is 0 Å². The van der Waals surface area contributed by atoms with Gasteiger partial charge in [0.25, 0.3) is 0 Å². The quantitative estimate of drug-likeness (QED) is 0.161. The van der Waals surface area contributed by atoms with Crippen molar-refractivity contribution >= 4 is 5.97 Å². The summed E-state index contributed by atoms with van der Waals surface area (Å²) in [6.45, 7) is 6.08. The number of hydrogen-bond donors (Lipinski definition) is 1. The molecule has 0 bridgehead atoms. The Morgan fingerprint density at radius 2 is 1.66 bits per heavy atom. The smallest absolute Gasteiger partial charge is 0.349 e. The Hall–Kier alpha value is -5.49. The van der Waals surface area contributed by atoms with Gasteiger partial charge in [-0.15, -0.1) is 0 Å². The van der Waals surface area contributed by atoms with E-state index in [1.54, 1.807) is 42.5 Å². The molecule has 1 unspecified atom stereocenters. The highest BCUT2D eigenvalue weighted by Gasteiger charge is 2.32. The Morgan fingerprint density at radius 3 is 2.36 bits per heavy atom. The van der Waals surface area contributed by atoms with Gasteiger partial charge < -0.3 is 29.4 Å². The molecule has 1 atom stereocenters. The summed E-state index contributed by atoms with van der Waals surface area (Å²) in [5.74, 6) is 0.599. The van der Waals surface area contributed by atoms with E-state index in [0.717, 1.165) is 22.3 Å². The van der Waals surface area contributed by atoms with Crippen LogP contribution < -0.4 is 29.4 Å². The number of fused-ring (bicyclic) bond motifs is 1. The van der Waals surface area contributed by atoms with E-state index >= 15 is 0 Å². The molecule has 0 saturated carbocycles. The van der Waals surface area contributed by atoms with E-state index in [-0.39, 0.29) is 36.2 Å². The van der Waals surface area contributed by atoms with Crippen LogP contribution in [0.5, 0.6) is 28.7 Å². The van der Waals surface area contributed by atoms with Gasteiger partial charge in [-0.25, -0.2) is 9.18 Å². The van der Waals surface area contributed by atoms with E-state index in [1.807, 2.05) is 45.0 Å². The van der Waals surface area contributed by atoms with Gasteiger partial charge >= 0.3 is 5.97 Å². The average molecular weight is 595 g/mol. The highest BCUT2D eigenvalue weighted by molar-refractivity contribution is 5.74. The number of esters is 1. The first-order valence-corrected chi connectivity index (χ1v) is 14.0. The van der Waals surface area contributed by atoms with Crippen LogP contribution in [0, 0.1) is 31.0 Å². The Balaban J connectivity index is 1.36. The molecule has 4 aromatic carbocycles. The summed E-state index contributed by atoms with van der Waals surface area (Å²) in [6, 6.07) is 24.2. The first-order chi connectivity index (χ1) is 21.2. The minimum atomic E-state index is -0.588. The molecule has 224 valence electrons. The summed E-state index contributed by atoms with van der Waals surface area (Å²) < 4.78 is 42.1. The summed E-state index contributed by atoms with van der Waals surface area (Å²) in [5, 5.41) is 10.0.